The van der Waals surface area contributed by atoms with Gasteiger partial charge in [-0.05, 0) is 30.7 Å². The van der Waals surface area contributed by atoms with E-state index in [2.05, 4.69) is 15.5 Å². The number of anilines is 2. The maximum atomic E-state index is 13.3. The lowest BCUT2D eigenvalue weighted by Gasteiger charge is -2.13. The molecule has 1 atom stereocenters. The topological polar surface area (TPSA) is 64.1 Å². The molecular formula is C18H16FN3O2S2. The molecule has 0 saturated carbocycles. The molecule has 2 aromatic carbocycles. The van der Waals surface area contributed by atoms with Gasteiger partial charge in [-0.2, -0.15) is 0 Å². The van der Waals surface area contributed by atoms with Crippen molar-refractivity contribution in [3.05, 3.63) is 66.0 Å². The van der Waals surface area contributed by atoms with Crippen molar-refractivity contribution >= 4 is 39.9 Å². The van der Waals surface area contributed by atoms with Crippen molar-refractivity contribution in [1.29, 1.82) is 0 Å². The van der Waals surface area contributed by atoms with Crippen LogP contribution in [-0.4, -0.2) is 22.8 Å². The van der Waals surface area contributed by atoms with Gasteiger partial charge in [0, 0.05) is 5.69 Å². The number of nitrogens with zero attached hydrogens (tertiary/aromatic N) is 2. The lowest BCUT2D eigenvalue weighted by molar-refractivity contribution is -0.142. The minimum Gasteiger partial charge on any atom is -0.465 e. The second kappa shape index (κ2) is 8.77. The van der Waals surface area contributed by atoms with Crippen molar-refractivity contribution in [3.63, 3.8) is 0 Å². The zero-order chi connectivity index (χ0) is 18.4. The third-order valence-corrected chi connectivity index (χ3v) is 5.46. The number of benzene rings is 2. The number of esters is 1. The van der Waals surface area contributed by atoms with Gasteiger partial charge in [0.05, 0.1) is 6.61 Å². The molecule has 0 fully saturated rings. The highest BCUT2D eigenvalue weighted by Crippen LogP contribution is 2.39. The number of thioether (sulfide) groups is 1. The number of carbonyl (C=O) groups is 1. The van der Waals surface area contributed by atoms with E-state index in [-0.39, 0.29) is 11.8 Å². The summed E-state index contributed by atoms with van der Waals surface area (Å²) in [7, 11) is 0. The van der Waals surface area contributed by atoms with Crippen molar-refractivity contribution in [2.45, 2.75) is 16.5 Å². The Labute approximate surface area is 158 Å². The molecule has 1 heterocycles. The maximum absolute atomic E-state index is 13.3. The summed E-state index contributed by atoms with van der Waals surface area (Å²) in [5.41, 5.74) is 1.42. The van der Waals surface area contributed by atoms with E-state index in [0.29, 0.717) is 21.8 Å². The first-order valence-electron chi connectivity index (χ1n) is 7.90. The van der Waals surface area contributed by atoms with Crippen LogP contribution in [0.5, 0.6) is 0 Å². The number of hydrogen-bond donors (Lipinski definition) is 1. The molecule has 0 spiro atoms. The Balaban J connectivity index is 1.75. The van der Waals surface area contributed by atoms with Crippen molar-refractivity contribution in [1.82, 2.24) is 10.2 Å². The van der Waals surface area contributed by atoms with E-state index >= 15 is 0 Å². The standard InChI is InChI=1S/C18H16FN3O2S2/c1-2-24-16(23)15(12-7-4-3-5-8-12)25-18-22-21-17(26-18)20-14-10-6-9-13(19)11-14/h3-11,15H,2H2,1H3,(H,20,21)/t15-/m0/s1. The summed E-state index contributed by atoms with van der Waals surface area (Å²) in [4.78, 5) is 12.3. The molecule has 134 valence electrons. The molecule has 1 aromatic heterocycles. The molecule has 0 radical (unpaired) electrons. The van der Waals surface area contributed by atoms with E-state index in [1.54, 1.807) is 19.1 Å². The van der Waals surface area contributed by atoms with Crippen LogP contribution >= 0.6 is 23.1 Å². The Hall–Kier alpha value is -2.45. The molecule has 0 bridgehead atoms. The van der Waals surface area contributed by atoms with E-state index in [1.165, 1.54) is 35.2 Å². The van der Waals surface area contributed by atoms with Crippen molar-refractivity contribution < 1.29 is 13.9 Å². The Bertz CT molecular complexity index is 874. The fourth-order valence-corrected chi connectivity index (χ4v) is 4.16. The molecule has 26 heavy (non-hydrogen) atoms. The molecule has 0 aliphatic carbocycles. The number of aromatic nitrogens is 2. The summed E-state index contributed by atoms with van der Waals surface area (Å²) in [6.07, 6.45) is 0. The smallest absolute Gasteiger partial charge is 0.324 e. The van der Waals surface area contributed by atoms with Gasteiger partial charge in [0.15, 0.2) is 4.34 Å². The van der Waals surface area contributed by atoms with Gasteiger partial charge in [-0.15, -0.1) is 10.2 Å². The molecule has 3 rings (SSSR count). The van der Waals surface area contributed by atoms with Crippen LogP contribution in [0.4, 0.5) is 15.2 Å². The zero-order valence-electron chi connectivity index (χ0n) is 13.9. The molecule has 1 N–H and O–H groups in total. The van der Waals surface area contributed by atoms with E-state index < -0.39 is 5.25 Å². The van der Waals surface area contributed by atoms with Crippen LogP contribution in [0, 0.1) is 5.82 Å². The highest BCUT2D eigenvalue weighted by atomic mass is 32.2. The number of nitrogens with one attached hydrogen (secondary N) is 1. The van der Waals surface area contributed by atoms with Gasteiger partial charge in [-0.1, -0.05) is 59.5 Å². The summed E-state index contributed by atoms with van der Waals surface area (Å²) in [6.45, 7) is 2.09. The van der Waals surface area contributed by atoms with E-state index in [0.717, 1.165) is 5.56 Å². The minimum absolute atomic E-state index is 0.311. The molecule has 0 aliphatic heterocycles. The average Bonchev–Trinajstić information content (AvgIpc) is 3.07. The van der Waals surface area contributed by atoms with Gasteiger partial charge in [-0.25, -0.2) is 4.39 Å². The van der Waals surface area contributed by atoms with Gasteiger partial charge >= 0.3 is 5.97 Å². The number of carbonyl (C=O) groups excluding carboxylic acids is 1. The first-order chi connectivity index (χ1) is 12.7. The third kappa shape index (κ3) is 4.80. The fourth-order valence-electron chi connectivity index (χ4n) is 2.20. The molecule has 0 aliphatic rings. The second-order valence-electron chi connectivity index (χ2n) is 5.17. The lowest BCUT2D eigenvalue weighted by Crippen LogP contribution is -2.13. The van der Waals surface area contributed by atoms with Crippen LogP contribution in [0.25, 0.3) is 0 Å². The summed E-state index contributed by atoms with van der Waals surface area (Å²) < 4.78 is 19.1. The van der Waals surface area contributed by atoms with E-state index in [4.69, 9.17) is 4.74 Å². The lowest BCUT2D eigenvalue weighted by atomic mass is 10.1. The second-order valence-corrected chi connectivity index (χ2v) is 7.50. The number of hydrogen-bond acceptors (Lipinski definition) is 7. The molecule has 3 aromatic rings. The van der Waals surface area contributed by atoms with Crippen LogP contribution < -0.4 is 5.32 Å². The largest absolute Gasteiger partial charge is 0.465 e. The van der Waals surface area contributed by atoms with E-state index in [9.17, 15) is 9.18 Å². The van der Waals surface area contributed by atoms with Crippen LogP contribution in [0.1, 0.15) is 17.7 Å². The maximum Gasteiger partial charge on any atom is 0.324 e. The first kappa shape index (κ1) is 18.3. The molecular weight excluding hydrogens is 373 g/mol. The fraction of sp³-hybridized carbons (Fsp3) is 0.167. The van der Waals surface area contributed by atoms with Gasteiger partial charge in [-0.3, -0.25) is 4.79 Å². The summed E-state index contributed by atoms with van der Waals surface area (Å²) in [5.74, 6) is -0.654. The number of rotatable bonds is 7. The van der Waals surface area contributed by atoms with E-state index in [1.807, 2.05) is 30.3 Å². The minimum atomic E-state index is -0.522. The molecule has 0 amide bonds. The van der Waals surface area contributed by atoms with Gasteiger partial charge < -0.3 is 10.1 Å². The third-order valence-electron chi connectivity index (χ3n) is 3.30. The Kier molecular flexibility index (Phi) is 6.19. The van der Waals surface area contributed by atoms with Crippen molar-refractivity contribution in [2.24, 2.45) is 0 Å². The van der Waals surface area contributed by atoms with Crippen LogP contribution in [0.15, 0.2) is 58.9 Å². The number of halogens is 1. The van der Waals surface area contributed by atoms with Crippen molar-refractivity contribution in [2.75, 3.05) is 11.9 Å². The quantitative estimate of drug-likeness (QED) is 0.462. The van der Waals surface area contributed by atoms with Gasteiger partial charge in [0.1, 0.15) is 11.1 Å². The molecule has 5 nitrogen and oxygen atoms in total. The number of ether oxygens (including phenoxy) is 1. The summed E-state index contributed by atoms with van der Waals surface area (Å²) in [5, 5.41) is 11.2. The normalized spacial score (nSPS) is 11.8. The Morgan fingerprint density at radius 2 is 2.04 bits per heavy atom. The van der Waals surface area contributed by atoms with Crippen molar-refractivity contribution in [3.8, 4) is 0 Å². The van der Waals surface area contributed by atoms with Crippen LogP contribution in [0.2, 0.25) is 0 Å². The van der Waals surface area contributed by atoms with Crippen LogP contribution in [0.3, 0.4) is 0 Å². The average molecular weight is 389 g/mol. The SMILES string of the molecule is CCOC(=O)[C@@H](Sc1nnc(Nc2cccc(F)c2)s1)c1ccccc1. The first-order valence-corrected chi connectivity index (χ1v) is 9.59. The highest BCUT2D eigenvalue weighted by Gasteiger charge is 2.25. The Morgan fingerprint density at radius 1 is 1.23 bits per heavy atom. The summed E-state index contributed by atoms with van der Waals surface area (Å²) in [6, 6.07) is 15.5. The van der Waals surface area contributed by atoms with Crippen LogP contribution in [-0.2, 0) is 9.53 Å². The zero-order valence-corrected chi connectivity index (χ0v) is 15.5. The molecule has 0 saturated heterocycles. The summed E-state index contributed by atoms with van der Waals surface area (Å²) >= 11 is 2.57. The monoisotopic (exact) mass is 389 g/mol. The molecule has 8 heteroatoms. The van der Waals surface area contributed by atoms with Gasteiger partial charge in [0.2, 0.25) is 5.13 Å². The predicted molar refractivity (Wildman–Crippen MR) is 101 cm³/mol. The highest BCUT2D eigenvalue weighted by molar-refractivity contribution is 8.01. The van der Waals surface area contributed by atoms with Gasteiger partial charge in [0.25, 0.3) is 0 Å². The molecule has 0 unspecified atom stereocenters. The Morgan fingerprint density at radius 3 is 2.77 bits per heavy atom. The predicted octanol–water partition coefficient (Wildman–Crippen LogP) is 4.82.